The van der Waals surface area contributed by atoms with Gasteiger partial charge in [-0.1, -0.05) is 32.9 Å². The van der Waals surface area contributed by atoms with E-state index in [0.717, 1.165) is 13.1 Å². The highest BCUT2D eigenvalue weighted by Crippen LogP contribution is 2.40. The van der Waals surface area contributed by atoms with E-state index in [1.54, 1.807) is 0 Å². The van der Waals surface area contributed by atoms with E-state index >= 15 is 0 Å². The SMILES string of the molecule is CC1(C)O[C@H]2[C@H](CN(Cc3ccc(C#N)cc3)[C@@H]2CO[Si](C)(C)C(C)(C)C)O1. The molecule has 0 bridgehead atoms. The Morgan fingerprint density at radius 3 is 2.43 bits per heavy atom. The predicted octanol–water partition coefficient (Wildman–Crippen LogP) is 4.28. The molecule has 0 aromatic heterocycles. The average molecular weight is 403 g/mol. The summed E-state index contributed by atoms with van der Waals surface area (Å²) in [4.78, 5) is 2.42. The molecule has 2 fully saturated rings. The number of benzene rings is 1. The summed E-state index contributed by atoms with van der Waals surface area (Å²) in [5.74, 6) is -0.537. The summed E-state index contributed by atoms with van der Waals surface area (Å²) in [6, 6.07) is 10.2. The van der Waals surface area contributed by atoms with Crippen molar-refractivity contribution in [2.75, 3.05) is 13.2 Å². The van der Waals surface area contributed by atoms with Gasteiger partial charge in [0.2, 0.25) is 0 Å². The minimum absolute atomic E-state index is 0.0261. The monoisotopic (exact) mass is 402 g/mol. The summed E-state index contributed by atoms with van der Waals surface area (Å²) >= 11 is 0. The molecule has 1 aromatic rings. The predicted molar refractivity (Wildman–Crippen MR) is 112 cm³/mol. The summed E-state index contributed by atoms with van der Waals surface area (Å²) < 4.78 is 19.0. The molecule has 0 spiro atoms. The quantitative estimate of drug-likeness (QED) is 0.688. The van der Waals surface area contributed by atoms with Gasteiger partial charge in [0.05, 0.1) is 24.3 Å². The number of hydrogen-bond donors (Lipinski definition) is 0. The van der Waals surface area contributed by atoms with Crippen LogP contribution in [0.25, 0.3) is 0 Å². The van der Waals surface area contributed by atoms with Crippen LogP contribution >= 0.6 is 0 Å². The van der Waals surface area contributed by atoms with Gasteiger partial charge in [-0.15, -0.1) is 0 Å². The van der Waals surface area contributed by atoms with E-state index in [9.17, 15) is 0 Å². The van der Waals surface area contributed by atoms with Gasteiger partial charge in [-0.05, 0) is 49.7 Å². The fraction of sp³-hybridized carbons (Fsp3) is 0.682. The van der Waals surface area contributed by atoms with Crippen LogP contribution in [0.15, 0.2) is 24.3 Å². The second-order valence-electron chi connectivity index (χ2n) is 10.0. The van der Waals surface area contributed by atoms with Gasteiger partial charge in [-0.2, -0.15) is 5.26 Å². The zero-order valence-corrected chi connectivity index (χ0v) is 19.3. The topological polar surface area (TPSA) is 54.7 Å². The minimum Gasteiger partial charge on any atom is -0.415 e. The first-order chi connectivity index (χ1) is 12.9. The van der Waals surface area contributed by atoms with E-state index in [4.69, 9.17) is 19.2 Å². The van der Waals surface area contributed by atoms with E-state index in [0.29, 0.717) is 12.2 Å². The van der Waals surface area contributed by atoms with Crippen molar-refractivity contribution < 1.29 is 13.9 Å². The van der Waals surface area contributed by atoms with Crippen LogP contribution in [0.5, 0.6) is 0 Å². The molecule has 0 amide bonds. The molecule has 0 unspecified atom stereocenters. The number of nitriles is 1. The van der Waals surface area contributed by atoms with Gasteiger partial charge in [0.1, 0.15) is 12.2 Å². The highest BCUT2D eigenvalue weighted by atomic mass is 28.4. The van der Waals surface area contributed by atoms with Crippen molar-refractivity contribution in [2.45, 2.75) is 83.3 Å². The average Bonchev–Trinajstić information content (AvgIpc) is 3.04. The number of rotatable bonds is 5. The summed E-state index contributed by atoms with van der Waals surface area (Å²) in [7, 11) is -1.85. The molecule has 2 heterocycles. The van der Waals surface area contributed by atoms with Gasteiger partial charge in [0, 0.05) is 13.1 Å². The number of hydrogen-bond acceptors (Lipinski definition) is 5. The van der Waals surface area contributed by atoms with Crippen LogP contribution in [-0.2, 0) is 20.4 Å². The lowest BCUT2D eigenvalue weighted by atomic mass is 10.1. The Bertz CT molecular complexity index is 734. The van der Waals surface area contributed by atoms with E-state index in [-0.39, 0.29) is 23.3 Å². The Kier molecular flexibility index (Phi) is 5.79. The Balaban J connectivity index is 1.75. The lowest BCUT2D eigenvalue weighted by Crippen LogP contribution is -2.47. The van der Waals surface area contributed by atoms with Crippen LogP contribution in [0.4, 0.5) is 0 Å². The third-order valence-corrected chi connectivity index (χ3v) is 10.9. The van der Waals surface area contributed by atoms with Gasteiger partial charge in [0.25, 0.3) is 0 Å². The first kappa shape index (κ1) is 21.5. The fourth-order valence-electron chi connectivity index (χ4n) is 3.72. The lowest BCUT2D eigenvalue weighted by molar-refractivity contribution is -0.163. The van der Waals surface area contributed by atoms with Gasteiger partial charge in [-0.25, -0.2) is 0 Å². The standard InChI is InChI=1S/C22H34N2O3Si/c1-21(2,3)28(6,7)25-15-18-20-19(26-22(4,5)27-20)14-24(18)13-17-10-8-16(12-23)9-11-17/h8-11,18-20H,13-15H2,1-7H3/t18-,19+,20-/m1/s1. The fourth-order valence-corrected chi connectivity index (χ4v) is 4.74. The van der Waals surface area contributed by atoms with Crippen molar-refractivity contribution >= 4 is 8.32 Å². The van der Waals surface area contributed by atoms with Crippen molar-refractivity contribution in [1.29, 1.82) is 5.26 Å². The van der Waals surface area contributed by atoms with Crippen molar-refractivity contribution in [3.63, 3.8) is 0 Å². The molecule has 3 atom stereocenters. The maximum atomic E-state index is 9.02. The number of nitrogens with zero attached hydrogens (tertiary/aromatic N) is 2. The highest BCUT2D eigenvalue weighted by molar-refractivity contribution is 6.74. The summed E-state index contributed by atoms with van der Waals surface area (Å²) in [6.45, 7) is 17.7. The molecular weight excluding hydrogens is 368 g/mol. The second-order valence-corrected chi connectivity index (χ2v) is 14.8. The Hall–Kier alpha value is -1.23. The summed E-state index contributed by atoms with van der Waals surface area (Å²) in [5.41, 5.74) is 1.88. The summed E-state index contributed by atoms with van der Waals surface area (Å²) in [5, 5.41) is 9.19. The van der Waals surface area contributed by atoms with Crippen molar-refractivity contribution in [1.82, 2.24) is 4.90 Å². The third-order valence-electron chi connectivity index (χ3n) is 6.37. The Morgan fingerprint density at radius 1 is 1.21 bits per heavy atom. The molecule has 2 aliphatic rings. The molecular formula is C22H34N2O3Si. The maximum absolute atomic E-state index is 9.02. The third kappa shape index (κ3) is 4.50. The van der Waals surface area contributed by atoms with Gasteiger partial charge < -0.3 is 13.9 Å². The lowest BCUT2D eigenvalue weighted by Gasteiger charge is -2.38. The molecule has 6 heteroatoms. The first-order valence-corrected chi connectivity index (χ1v) is 13.1. The van der Waals surface area contributed by atoms with Crippen molar-refractivity contribution in [3.8, 4) is 6.07 Å². The van der Waals surface area contributed by atoms with E-state index in [1.807, 2.05) is 38.1 Å². The highest BCUT2D eigenvalue weighted by Gasteiger charge is 2.53. The molecule has 1 aromatic carbocycles. The van der Waals surface area contributed by atoms with Gasteiger partial charge in [-0.3, -0.25) is 4.90 Å². The zero-order valence-electron chi connectivity index (χ0n) is 18.3. The van der Waals surface area contributed by atoms with Crippen molar-refractivity contribution in [2.24, 2.45) is 0 Å². The smallest absolute Gasteiger partial charge is 0.192 e. The molecule has 0 aliphatic carbocycles. The van der Waals surface area contributed by atoms with Crippen LogP contribution in [-0.4, -0.2) is 50.4 Å². The number of fused-ring (bicyclic) bond motifs is 1. The van der Waals surface area contributed by atoms with Crippen LogP contribution in [0.1, 0.15) is 45.7 Å². The molecule has 5 nitrogen and oxygen atoms in total. The number of likely N-dealkylation sites (tertiary alicyclic amines) is 1. The normalized spacial score (nSPS) is 27.6. The van der Waals surface area contributed by atoms with E-state index < -0.39 is 14.1 Å². The minimum atomic E-state index is -1.85. The van der Waals surface area contributed by atoms with E-state index in [1.165, 1.54) is 5.56 Å². The van der Waals surface area contributed by atoms with Crippen LogP contribution in [0.3, 0.4) is 0 Å². The first-order valence-electron chi connectivity index (χ1n) is 10.1. The Labute approximate surface area is 170 Å². The number of ether oxygens (including phenoxy) is 2. The largest absolute Gasteiger partial charge is 0.415 e. The van der Waals surface area contributed by atoms with Gasteiger partial charge in [0.15, 0.2) is 14.1 Å². The summed E-state index contributed by atoms with van der Waals surface area (Å²) in [6.07, 6.45) is 0.0968. The van der Waals surface area contributed by atoms with Crippen LogP contribution < -0.4 is 0 Å². The molecule has 0 N–H and O–H groups in total. The molecule has 2 aliphatic heterocycles. The maximum Gasteiger partial charge on any atom is 0.192 e. The van der Waals surface area contributed by atoms with Gasteiger partial charge >= 0.3 is 0 Å². The van der Waals surface area contributed by atoms with Crippen LogP contribution in [0.2, 0.25) is 18.1 Å². The molecule has 28 heavy (non-hydrogen) atoms. The van der Waals surface area contributed by atoms with Crippen molar-refractivity contribution in [3.05, 3.63) is 35.4 Å². The zero-order chi connectivity index (χ0) is 20.7. The molecule has 2 saturated heterocycles. The second kappa shape index (κ2) is 7.55. The van der Waals surface area contributed by atoms with E-state index in [2.05, 4.69) is 44.8 Å². The molecule has 154 valence electrons. The Morgan fingerprint density at radius 2 is 1.86 bits per heavy atom. The van der Waals surface area contributed by atoms with Crippen LogP contribution in [0, 0.1) is 11.3 Å². The molecule has 0 saturated carbocycles. The molecule has 0 radical (unpaired) electrons. The molecule has 3 rings (SSSR count).